The molecule has 3 heteroatoms. The van der Waals surface area contributed by atoms with Gasteiger partial charge in [-0.15, -0.1) is 0 Å². The van der Waals surface area contributed by atoms with Crippen molar-refractivity contribution >= 4 is 55.2 Å². The van der Waals surface area contributed by atoms with E-state index in [1.54, 1.807) is 0 Å². The van der Waals surface area contributed by atoms with Crippen LogP contribution in [0.25, 0.3) is 38.1 Å². The van der Waals surface area contributed by atoms with E-state index in [0.29, 0.717) is 0 Å². The number of hydrogen-bond acceptors (Lipinski definition) is 2. The van der Waals surface area contributed by atoms with Crippen molar-refractivity contribution in [2.75, 3.05) is 23.0 Å². The lowest BCUT2D eigenvalue weighted by molar-refractivity contribution is 0.736. The topological polar surface area (TPSA) is 10.9 Å². The van der Waals surface area contributed by atoms with E-state index >= 15 is 0 Å². The fourth-order valence-corrected chi connectivity index (χ4v) is 5.70. The SMILES string of the molecule is CCCCN1CN(c2cccc3c4cccc5c6ccccc6n(c23)c54)c2ccccc21. The van der Waals surface area contributed by atoms with Crippen LogP contribution in [0.3, 0.4) is 0 Å². The van der Waals surface area contributed by atoms with E-state index in [1.807, 2.05) is 0 Å². The quantitative estimate of drug-likeness (QED) is 0.294. The Labute approximate surface area is 187 Å². The Hall–Kier alpha value is -3.72. The minimum atomic E-state index is 0.897. The average molecular weight is 416 g/mol. The summed E-state index contributed by atoms with van der Waals surface area (Å²) < 4.78 is 2.50. The summed E-state index contributed by atoms with van der Waals surface area (Å²) in [5.74, 6) is 0. The molecular weight excluding hydrogens is 390 g/mol. The lowest BCUT2D eigenvalue weighted by atomic mass is 10.1. The van der Waals surface area contributed by atoms with Gasteiger partial charge in [-0.05, 0) is 30.7 Å². The van der Waals surface area contributed by atoms with E-state index in [-0.39, 0.29) is 0 Å². The molecule has 0 saturated carbocycles. The third kappa shape index (κ3) is 2.26. The zero-order valence-corrected chi connectivity index (χ0v) is 18.3. The second kappa shape index (κ2) is 6.64. The second-order valence-electron chi connectivity index (χ2n) is 8.90. The molecule has 7 rings (SSSR count). The van der Waals surface area contributed by atoms with Gasteiger partial charge >= 0.3 is 0 Å². The third-order valence-corrected chi connectivity index (χ3v) is 7.12. The highest BCUT2D eigenvalue weighted by Gasteiger charge is 2.29. The van der Waals surface area contributed by atoms with Crippen LogP contribution in [0.1, 0.15) is 19.8 Å². The molecular formula is C29H25N3. The molecule has 0 N–H and O–H groups in total. The summed E-state index contributed by atoms with van der Waals surface area (Å²) >= 11 is 0. The molecule has 2 aromatic heterocycles. The van der Waals surface area contributed by atoms with E-state index in [1.165, 1.54) is 68.0 Å². The van der Waals surface area contributed by atoms with Gasteiger partial charge in [-0.1, -0.05) is 74.0 Å². The largest absolute Gasteiger partial charge is 0.352 e. The molecule has 0 fully saturated rings. The molecule has 4 aromatic carbocycles. The Kier molecular flexibility index (Phi) is 3.71. The zero-order chi connectivity index (χ0) is 21.2. The predicted octanol–water partition coefficient (Wildman–Crippen LogP) is 7.55. The molecule has 0 amide bonds. The van der Waals surface area contributed by atoms with E-state index < -0.39 is 0 Å². The molecule has 0 saturated heterocycles. The number of unbranched alkanes of at least 4 members (excludes halogenated alkanes) is 1. The van der Waals surface area contributed by atoms with E-state index in [9.17, 15) is 0 Å². The standard InChI is InChI=1S/C29H25N3/c1-2-3-18-30-19-31(26-16-7-6-15-25(26)30)27-17-9-13-23-22-12-8-11-21-20-10-4-5-14-24(20)32(28(21)22)29(23)27/h4-17H,2-3,18-19H2,1H3. The number of anilines is 3. The van der Waals surface area contributed by atoms with Crippen LogP contribution in [-0.4, -0.2) is 17.6 Å². The highest BCUT2D eigenvalue weighted by Crippen LogP contribution is 2.46. The number of para-hydroxylation sites is 5. The Balaban J connectivity index is 1.55. The maximum absolute atomic E-state index is 2.53. The molecule has 3 heterocycles. The Morgan fingerprint density at radius 1 is 0.625 bits per heavy atom. The molecule has 3 nitrogen and oxygen atoms in total. The summed E-state index contributed by atoms with van der Waals surface area (Å²) in [5, 5.41) is 5.34. The van der Waals surface area contributed by atoms with Crippen LogP contribution in [0.15, 0.2) is 84.9 Å². The normalized spacial score (nSPS) is 13.9. The van der Waals surface area contributed by atoms with Crippen molar-refractivity contribution in [1.82, 2.24) is 4.40 Å². The summed E-state index contributed by atoms with van der Waals surface area (Å²) in [6.45, 7) is 4.26. The number of benzene rings is 4. The first kappa shape index (κ1) is 17.9. The van der Waals surface area contributed by atoms with Crippen LogP contribution in [0.2, 0.25) is 0 Å². The van der Waals surface area contributed by atoms with Gasteiger partial charge < -0.3 is 14.2 Å². The Morgan fingerprint density at radius 2 is 1.25 bits per heavy atom. The molecule has 0 aliphatic carbocycles. The summed E-state index contributed by atoms with van der Waals surface area (Å²) in [7, 11) is 0. The molecule has 0 atom stereocenters. The van der Waals surface area contributed by atoms with Crippen molar-refractivity contribution in [1.29, 1.82) is 0 Å². The minimum absolute atomic E-state index is 0.897. The van der Waals surface area contributed by atoms with Crippen LogP contribution in [0.5, 0.6) is 0 Å². The van der Waals surface area contributed by atoms with Crippen molar-refractivity contribution in [2.45, 2.75) is 19.8 Å². The van der Waals surface area contributed by atoms with Gasteiger partial charge in [0.25, 0.3) is 0 Å². The van der Waals surface area contributed by atoms with E-state index in [4.69, 9.17) is 0 Å². The average Bonchev–Trinajstić information content (AvgIpc) is 3.50. The van der Waals surface area contributed by atoms with Crippen molar-refractivity contribution < 1.29 is 0 Å². The third-order valence-electron chi connectivity index (χ3n) is 7.12. The van der Waals surface area contributed by atoms with Crippen molar-refractivity contribution in [3.05, 3.63) is 84.9 Å². The highest BCUT2D eigenvalue weighted by molar-refractivity contribution is 6.25. The summed E-state index contributed by atoms with van der Waals surface area (Å²) in [6.07, 6.45) is 2.42. The smallest absolute Gasteiger partial charge is 0.0953 e. The maximum Gasteiger partial charge on any atom is 0.0953 e. The maximum atomic E-state index is 2.53. The number of aromatic nitrogens is 1. The van der Waals surface area contributed by atoms with E-state index in [0.717, 1.165) is 13.2 Å². The van der Waals surface area contributed by atoms with Crippen LogP contribution < -0.4 is 9.80 Å². The van der Waals surface area contributed by atoms with Gasteiger partial charge in [-0.2, -0.15) is 0 Å². The van der Waals surface area contributed by atoms with Crippen LogP contribution in [-0.2, 0) is 0 Å². The molecule has 1 aliphatic rings. The fourth-order valence-electron chi connectivity index (χ4n) is 5.70. The van der Waals surface area contributed by atoms with Crippen LogP contribution in [0.4, 0.5) is 17.1 Å². The first-order valence-corrected chi connectivity index (χ1v) is 11.6. The zero-order valence-electron chi connectivity index (χ0n) is 18.3. The summed E-state index contributed by atoms with van der Waals surface area (Å²) in [6, 6.07) is 31.2. The van der Waals surface area contributed by atoms with Crippen molar-refractivity contribution in [3.8, 4) is 0 Å². The van der Waals surface area contributed by atoms with Crippen molar-refractivity contribution in [3.63, 3.8) is 0 Å². The van der Waals surface area contributed by atoms with Crippen LogP contribution in [0, 0.1) is 0 Å². The number of rotatable bonds is 4. The van der Waals surface area contributed by atoms with E-state index in [2.05, 4.69) is 106 Å². The first-order valence-electron chi connectivity index (χ1n) is 11.6. The van der Waals surface area contributed by atoms with Gasteiger partial charge in [-0.25, -0.2) is 0 Å². The molecule has 32 heavy (non-hydrogen) atoms. The fraction of sp³-hybridized carbons (Fsp3) is 0.172. The molecule has 0 radical (unpaired) electrons. The van der Waals surface area contributed by atoms with Crippen LogP contribution >= 0.6 is 0 Å². The van der Waals surface area contributed by atoms with Gasteiger partial charge in [-0.3, -0.25) is 0 Å². The molecule has 0 bridgehead atoms. The van der Waals surface area contributed by atoms with Gasteiger partial charge in [0, 0.05) is 28.1 Å². The summed E-state index contributed by atoms with van der Waals surface area (Å²) in [4.78, 5) is 5.04. The van der Waals surface area contributed by atoms with Gasteiger partial charge in [0.15, 0.2) is 0 Å². The Bertz CT molecular complexity index is 1610. The molecule has 0 spiro atoms. The Morgan fingerprint density at radius 3 is 2.09 bits per heavy atom. The highest BCUT2D eigenvalue weighted by atomic mass is 15.4. The molecule has 6 aromatic rings. The first-order chi connectivity index (χ1) is 15.9. The van der Waals surface area contributed by atoms with Crippen molar-refractivity contribution in [2.24, 2.45) is 0 Å². The molecule has 1 aliphatic heterocycles. The lowest BCUT2D eigenvalue weighted by Gasteiger charge is -2.22. The molecule has 156 valence electrons. The minimum Gasteiger partial charge on any atom is -0.352 e. The second-order valence-corrected chi connectivity index (χ2v) is 8.90. The molecule has 0 unspecified atom stereocenters. The van der Waals surface area contributed by atoms with Gasteiger partial charge in [0.1, 0.15) is 0 Å². The lowest BCUT2D eigenvalue weighted by Crippen LogP contribution is -2.28. The number of fused-ring (bicyclic) bond motifs is 7. The summed E-state index contributed by atoms with van der Waals surface area (Å²) in [5.41, 5.74) is 7.88. The van der Waals surface area contributed by atoms with Gasteiger partial charge in [0.2, 0.25) is 0 Å². The van der Waals surface area contributed by atoms with Gasteiger partial charge in [0.05, 0.1) is 40.3 Å². The monoisotopic (exact) mass is 415 g/mol. The number of nitrogens with zero attached hydrogens (tertiary/aromatic N) is 3. The predicted molar refractivity (Wildman–Crippen MR) is 137 cm³/mol. The number of hydrogen-bond donors (Lipinski definition) is 0.